The van der Waals surface area contributed by atoms with E-state index in [1.807, 2.05) is 60.7 Å². The summed E-state index contributed by atoms with van der Waals surface area (Å²) in [7, 11) is 0. The van der Waals surface area contributed by atoms with Crippen LogP contribution in [-0.2, 0) is 6.42 Å². The molecule has 0 saturated heterocycles. The van der Waals surface area contributed by atoms with Crippen LogP contribution in [0.2, 0.25) is 0 Å². The lowest BCUT2D eigenvalue weighted by Crippen LogP contribution is -2.10. The van der Waals surface area contributed by atoms with E-state index in [1.54, 1.807) is 18.2 Å². The molecule has 4 nitrogen and oxygen atoms in total. The highest BCUT2D eigenvalue weighted by molar-refractivity contribution is 5.99. The molecule has 3 aromatic carbocycles. The highest BCUT2D eigenvalue weighted by Crippen LogP contribution is 2.26. The van der Waals surface area contributed by atoms with Crippen molar-refractivity contribution in [3.8, 4) is 11.5 Å². The van der Waals surface area contributed by atoms with Gasteiger partial charge in [-0.2, -0.15) is 0 Å². The van der Waals surface area contributed by atoms with E-state index < -0.39 is 0 Å². The Labute approximate surface area is 152 Å². The molecule has 0 amide bonds. The maximum absolute atomic E-state index is 12.7. The van der Waals surface area contributed by atoms with E-state index in [1.165, 1.54) is 0 Å². The molecule has 3 N–H and O–H groups in total. The molecule has 0 bridgehead atoms. The molecule has 0 atom stereocenters. The molecule has 0 fully saturated rings. The maximum atomic E-state index is 12.7. The third kappa shape index (κ3) is 4.36. The summed E-state index contributed by atoms with van der Waals surface area (Å²) in [5, 5.41) is 7.41. The van der Waals surface area contributed by atoms with E-state index >= 15 is 0 Å². The zero-order valence-corrected chi connectivity index (χ0v) is 14.3. The fraction of sp³-hybridized carbons (Fsp3) is 0.0909. The van der Waals surface area contributed by atoms with E-state index in [4.69, 9.17) is 15.9 Å². The summed E-state index contributed by atoms with van der Waals surface area (Å²) in [5.41, 5.74) is 7.75. The van der Waals surface area contributed by atoms with Gasteiger partial charge in [-0.05, 0) is 36.2 Å². The van der Waals surface area contributed by atoms with Crippen molar-refractivity contribution in [2.24, 2.45) is 5.73 Å². The van der Waals surface area contributed by atoms with Crippen molar-refractivity contribution in [1.29, 1.82) is 5.41 Å². The second-order valence-corrected chi connectivity index (χ2v) is 5.95. The molecule has 3 aromatic rings. The summed E-state index contributed by atoms with van der Waals surface area (Å²) in [6.45, 7) is 0. The molecule has 0 aliphatic rings. The molecule has 0 aromatic heterocycles. The van der Waals surface area contributed by atoms with Crippen LogP contribution >= 0.6 is 0 Å². The van der Waals surface area contributed by atoms with Gasteiger partial charge in [-0.25, -0.2) is 0 Å². The Bertz CT molecular complexity index is 903. The highest BCUT2D eigenvalue weighted by Gasteiger charge is 2.13. The lowest BCUT2D eigenvalue weighted by Gasteiger charge is -2.10. The second kappa shape index (κ2) is 8.12. The predicted octanol–water partition coefficient (Wildman–Crippen LogP) is 4.58. The summed E-state index contributed by atoms with van der Waals surface area (Å²) < 4.78 is 5.87. The number of benzene rings is 3. The Morgan fingerprint density at radius 2 is 1.54 bits per heavy atom. The number of Topliss-reactive ketones (excluding diaryl/α,β-unsaturated/α-hetero) is 1. The van der Waals surface area contributed by atoms with Crippen molar-refractivity contribution < 1.29 is 9.53 Å². The SMILES string of the molecule is N=C(N)c1ccc(CCC(=O)c2ccccc2Oc2ccccc2)cc1. The normalized spacial score (nSPS) is 10.3. The monoisotopic (exact) mass is 344 g/mol. The van der Waals surface area contributed by atoms with Crippen LogP contribution in [0.4, 0.5) is 0 Å². The van der Waals surface area contributed by atoms with Crippen LogP contribution in [0.15, 0.2) is 78.9 Å². The Morgan fingerprint density at radius 3 is 2.23 bits per heavy atom. The first kappa shape index (κ1) is 17.4. The minimum absolute atomic E-state index is 0.0344. The minimum Gasteiger partial charge on any atom is -0.457 e. The maximum Gasteiger partial charge on any atom is 0.166 e. The van der Waals surface area contributed by atoms with Crippen LogP contribution in [0.25, 0.3) is 0 Å². The zero-order valence-electron chi connectivity index (χ0n) is 14.3. The van der Waals surface area contributed by atoms with Crippen LogP contribution in [0.3, 0.4) is 0 Å². The molecule has 0 radical (unpaired) electrons. The van der Waals surface area contributed by atoms with Crippen LogP contribution in [-0.4, -0.2) is 11.6 Å². The number of carbonyl (C=O) groups excluding carboxylic acids is 1. The highest BCUT2D eigenvalue weighted by atomic mass is 16.5. The fourth-order valence-electron chi connectivity index (χ4n) is 2.65. The van der Waals surface area contributed by atoms with Crippen molar-refractivity contribution in [2.45, 2.75) is 12.8 Å². The average Bonchev–Trinajstić information content (AvgIpc) is 2.67. The number of aryl methyl sites for hydroxylation is 1. The molecule has 0 unspecified atom stereocenters. The number of ketones is 1. The summed E-state index contributed by atoms with van der Waals surface area (Å²) in [4.78, 5) is 12.7. The first-order valence-corrected chi connectivity index (χ1v) is 8.42. The fourth-order valence-corrected chi connectivity index (χ4v) is 2.65. The molecule has 130 valence electrons. The summed E-state index contributed by atoms with van der Waals surface area (Å²) in [6.07, 6.45) is 1.01. The van der Waals surface area contributed by atoms with Gasteiger partial charge in [0, 0.05) is 12.0 Å². The third-order valence-corrected chi connectivity index (χ3v) is 4.06. The number of para-hydroxylation sites is 2. The van der Waals surface area contributed by atoms with Gasteiger partial charge in [0.1, 0.15) is 17.3 Å². The van der Waals surface area contributed by atoms with Crippen molar-refractivity contribution in [2.75, 3.05) is 0 Å². The number of hydrogen-bond donors (Lipinski definition) is 2. The van der Waals surface area contributed by atoms with Crippen LogP contribution < -0.4 is 10.5 Å². The molecular formula is C22H20N2O2. The standard InChI is InChI=1S/C22H20N2O2/c23-22(24)17-13-10-16(11-14-17)12-15-20(25)19-8-4-5-9-21(19)26-18-6-2-1-3-7-18/h1-11,13-14H,12,15H2,(H3,23,24). The Kier molecular flexibility index (Phi) is 5.44. The van der Waals surface area contributed by atoms with Crippen molar-refractivity contribution in [3.63, 3.8) is 0 Å². The number of nitrogens with one attached hydrogen (secondary N) is 1. The lowest BCUT2D eigenvalue weighted by atomic mass is 10.0. The van der Waals surface area contributed by atoms with Gasteiger partial charge in [-0.1, -0.05) is 54.6 Å². The number of ether oxygens (including phenoxy) is 1. The van der Waals surface area contributed by atoms with Crippen LogP contribution in [0.1, 0.15) is 27.9 Å². The van der Waals surface area contributed by atoms with Gasteiger partial charge < -0.3 is 10.5 Å². The van der Waals surface area contributed by atoms with Gasteiger partial charge in [0.05, 0.1) is 5.56 Å². The topological polar surface area (TPSA) is 76.2 Å². The molecule has 3 rings (SSSR count). The Balaban J connectivity index is 1.69. The van der Waals surface area contributed by atoms with Gasteiger partial charge in [-0.15, -0.1) is 0 Å². The largest absolute Gasteiger partial charge is 0.457 e. The molecule has 4 heteroatoms. The average molecular weight is 344 g/mol. The summed E-state index contributed by atoms with van der Waals surface area (Å²) in [5.74, 6) is 1.34. The first-order chi connectivity index (χ1) is 12.6. The number of amidine groups is 1. The molecule has 0 saturated carbocycles. The summed E-state index contributed by atoms with van der Waals surface area (Å²) in [6, 6.07) is 24.1. The van der Waals surface area contributed by atoms with E-state index in [2.05, 4.69) is 0 Å². The predicted molar refractivity (Wildman–Crippen MR) is 103 cm³/mol. The zero-order chi connectivity index (χ0) is 18.4. The summed E-state index contributed by atoms with van der Waals surface area (Å²) >= 11 is 0. The smallest absolute Gasteiger partial charge is 0.166 e. The van der Waals surface area contributed by atoms with Gasteiger partial charge in [0.25, 0.3) is 0 Å². The van der Waals surface area contributed by atoms with Crippen molar-refractivity contribution >= 4 is 11.6 Å². The number of rotatable bonds is 7. The van der Waals surface area contributed by atoms with Crippen LogP contribution in [0, 0.1) is 5.41 Å². The first-order valence-electron chi connectivity index (χ1n) is 8.42. The van der Waals surface area contributed by atoms with E-state index in [0.29, 0.717) is 35.5 Å². The van der Waals surface area contributed by atoms with Crippen LogP contribution in [0.5, 0.6) is 11.5 Å². The number of nitrogens with two attached hydrogens (primary N) is 1. The van der Waals surface area contributed by atoms with Gasteiger partial charge >= 0.3 is 0 Å². The molecule has 26 heavy (non-hydrogen) atoms. The Hall–Kier alpha value is -3.40. The van der Waals surface area contributed by atoms with E-state index in [-0.39, 0.29) is 11.6 Å². The van der Waals surface area contributed by atoms with Crippen molar-refractivity contribution in [1.82, 2.24) is 0 Å². The Morgan fingerprint density at radius 1 is 0.885 bits per heavy atom. The van der Waals surface area contributed by atoms with Gasteiger partial charge in [-0.3, -0.25) is 10.2 Å². The number of nitrogen functional groups attached to an aromatic ring is 1. The lowest BCUT2D eigenvalue weighted by molar-refractivity contribution is 0.0980. The number of carbonyl (C=O) groups is 1. The second-order valence-electron chi connectivity index (χ2n) is 5.95. The molecule has 0 spiro atoms. The molecule has 0 heterocycles. The molecular weight excluding hydrogens is 324 g/mol. The van der Waals surface area contributed by atoms with E-state index in [9.17, 15) is 4.79 Å². The number of hydrogen-bond acceptors (Lipinski definition) is 3. The minimum atomic E-state index is 0.0344. The van der Waals surface area contributed by atoms with Crippen molar-refractivity contribution in [3.05, 3.63) is 95.6 Å². The third-order valence-electron chi connectivity index (χ3n) is 4.06. The quantitative estimate of drug-likeness (QED) is 0.374. The van der Waals surface area contributed by atoms with Gasteiger partial charge in [0.15, 0.2) is 5.78 Å². The van der Waals surface area contributed by atoms with Gasteiger partial charge in [0.2, 0.25) is 0 Å². The molecule has 0 aliphatic carbocycles. The van der Waals surface area contributed by atoms with E-state index in [0.717, 1.165) is 5.56 Å². The molecule has 0 aliphatic heterocycles.